The molecule has 36 heavy (non-hydrogen) atoms. The number of piperazine rings is 1. The van der Waals surface area contributed by atoms with Gasteiger partial charge in [-0.05, 0) is 24.3 Å². The molecule has 0 spiro atoms. The van der Waals surface area contributed by atoms with Gasteiger partial charge < -0.3 is 4.90 Å². The van der Waals surface area contributed by atoms with E-state index in [-0.39, 0.29) is 6.03 Å². The smallest absolute Gasteiger partial charge is 0.341 e. The summed E-state index contributed by atoms with van der Waals surface area (Å²) in [5.74, 6) is 6.73. The van der Waals surface area contributed by atoms with Crippen LogP contribution in [-0.4, -0.2) is 101 Å². The molecule has 2 fully saturated rings. The van der Waals surface area contributed by atoms with Crippen molar-refractivity contribution < 1.29 is 4.79 Å². The SMILES string of the molecule is CN1C(=O)N(CCN2CCN(c3ccc(C#N)cc3)CC2)C2N=C3C(=C(c4nccs4)N=CN3N)N21. The lowest BCUT2D eigenvalue weighted by molar-refractivity contribution is 0.0842. The molecule has 1 atom stereocenters. The zero-order chi connectivity index (χ0) is 24.8. The maximum atomic E-state index is 13.2. The highest BCUT2D eigenvalue weighted by molar-refractivity contribution is 7.10. The number of amides is 2. The van der Waals surface area contributed by atoms with Gasteiger partial charge in [0.25, 0.3) is 0 Å². The van der Waals surface area contributed by atoms with Crippen molar-refractivity contribution in [2.45, 2.75) is 6.29 Å². The van der Waals surface area contributed by atoms with Gasteiger partial charge in [-0.25, -0.2) is 40.6 Å². The van der Waals surface area contributed by atoms with E-state index in [0.717, 1.165) is 43.4 Å². The van der Waals surface area contributed by atoms with Crippen molar-refractivity contribution in [2.75, 3.05) is 51.2 Å². The van der Waals surface area contributed by atoms with Crippen molar-refractivity contribution in [1.82, 2.24) is 29.8 Å². The van der Waals surface area contributed by atoms with Gasteiger partial charge in [-0.15, -0.1) is 11.3 Å². The number of carbonyl (C=O) groups is 1. The topological polar surface area (TPSA) is 124 Å². The number of hydrogen-bond donors (Lipinski definition) is 1. The highest BCUT2D eigenvalue weighted by Gasteiger charge is 2.51. The highest BCUT2D eigenvalue weighted by atomic mass is 32.1. The minimum atomic E-state index is -0.504. The zero-order valence-electron chi connectivity index (χ0n) is 19.7. The lowest BCUT2D eigenvalue weighted by Crippen LogP contribution is -2.49. The number of nitrogens with zero attached hydrogens (tertiary/aromatic N) is 10. The molecule has 0 bridgehead atoms. The number of aliphatic imine (C=N–C) groups is 2. The number of aromatic nitrogens is 1. The maximum absolute atomic E-state index is 13.2. The summed E-state index contributed by atoms with van der Waals surface area (Å²) in [6.07, 6.45) is 2.75. The van der Waals surface area contributed by atoms with Crippen LogP contribution in [0.5, 0.6) is 0 Å². The summed E-state index contributed by atoms with van der Waals surface area (Å²) in [5, 5.41) is 16.5. The van der Waals surface area contributed by atoms with Crippen molar-refractivity contribution in [2.24, 2.45) is 15.8 Å². The maximum Gasteiger partial charge on any atom is 0.341 e. The van der Waals surface area contributed by atoms with E-state index in [4.69, 9.17) is 16.1 Å². The number of carbonyl (C=O) groups excluding carboxylic acids is 1. The Hall–Kier alpha value is -3.99. The fraction of sp³-hybridized carbons (Fsp3) is 0.348. The van der Waals surface area contributed by atoms with Gasteiger partial charge in [-0.3, -0.25) is 9.80 Å². The van der Waals surface area contributed by atoms with Gasteiger partial charge in [-0.1, -0.05) is 0 Å². The van der Waals surface area contributed by atoms with Crippen molar-refractivity contribution in [3.05, 3.63) is 52.1 Å². The van der Waals surface area contributed by atoms with Gasteiger partial charge in [0.2, 0.25) is 6.29 Å². The molecule has 12 nitrogen and oxygen atoms in total. The molecule has 1 aromatic heterocycles. The van der Waals surface area contributed by atoms with E-state index >= 15 is 0 Å². The molecule has 6 rings (SSSR count). The second-order valence-corrected chi connectivity index (χ2v) is 9.71. The lowest BCUT2D eigenvalue weighted by atomic mass is 10.2. The molecule has 2 amide bonds. The number of anilines is 1. The Morgan fingerprint density at radius 1 is 1.17 bits per heavy atom. The highest BCUT2D eigenvalue weighted by Crippen LogP contribution is 2.38. The number of nitriles is 1. The van der Waals surface area contributed by atoms with Crippen LogP contribution >= 0.6 is 11.3 Å². The molecule has 5 heterocycles. The second-order valence-electron chi connectivity index (χ2n) is 8.82. The van der Waals surface area contributed by atoms with Crippen molar-refractivity contribution in [3.63, 3.8) is 0 Å². The number of benzene rings is 1. The van der Waals surface area contributed by atoms with E-state index in [2.05, 4.69) is 25.8 Å². The molecule has 2 saturated heterocycles. The number of rotatable bonds is 5. The first-order chi connectivity index (χ1) is 17.5. The molecule has 0 radical (unpaired) electrons. The van der Waals surface area contributed by atoms with Crippen LogP contribution < -0.4 is 10.7 Å². The number of nitrogens with two attached hydrogens (primary N) is 1. The second kappa shape index (κ2) is 8.90. The molecule has 0 aliphatic carbocycles. The number of urea groups is 1. The van der Waals surface area contributed by atoms with Gasteiger partial charge >= 0.3 is 6.03 Å². The summed E-state index contributed by atoms with van der Waals surface area (Å²) in [4.78, 5) is 33.4. The number of amidine groups is 1. The number of fused-ring (bicyclic) bond motifs is 3. The molecule has 2 aromatic rings. The number of hydrogen-bond acceptors (Lipinski definition) is 11. The predicted octanol–water partition coefficient (Wildman–Crippen LogP) is 1.00. The van der Waals surface area contributed by atoms with Crippen LogP contribution in [0.3, 0.4) is 0 Å². The van der Waals surface area contributed by atoms with Crippen LogP contribution in [0.25, 0.3) is 5.70 Å². The minimum Gasteiger partial charge on any atom is -0.369 e. The Bertz CT molecular complexity index is 1290. The van der Waals surface area contributed by atoms with Crippen LogP contribution in [0.1, 0.15) is 10.6 Å². The molecular formula is C23H25N11OS. The van der Waals surface area contributed by atoms with Gasteiger partial charge in [0, 0.05) is 63.6 Å². The molecular weight excluding hydrogens is 478 g/mol. The fourth-order valence-corrected chi connectivity index (χ4v) is 5.53. The summed E-state index contributed by atoms with van der Waals surface area (Å²) in [6.45, 7) is 4.86. The standard InChI is InChI=1S/C23H25N11OS/c1-29-23(35)32(12-9-30-7-10-31(11-8-30)17-4-2-16(14-24)3-5-17)22-28-20-19(34(22)29)18(27-15-33(20)25)21-26-6-13-36-21/h2-6,13,15,22H,7-12,25H2,1H3. The van der Waals surface area contributed by atoms with Crippen LogP contribution in [0.15, 0.2) is 51.5 Å². The van der Waals surface area contributed by atoms with Crippen LogP contribution in [0, 0.1) is 11.3 Å². The Kier molecular flexibility index (Phi) is 5.56. The number of thiazole rings is 1. The first kappa shape index (κ1) is 22.5. The van der Waals surface area contributed by atoms with E-state index in [9.17, 15) is 4.79 Å². The predicted molar refractivity (Wildman–Crippen MR) is 136 cm³/mol. The third-order valence-electron chi connectivity index (χ3n) is 6.83. The normalized spacial score (nSPS) is 21.8. The van der Waals surface area contributed by atoms with E-state index in [1.807, 2.05) is 34.7 Å². The van der Waals surface area contributed by atoms with Gasteiger partial charge in [0.1, 0.15) is 22.7 Å². The van der Waals surface area contributed by atoms with Crippen LogP contribution in [0.2, 0.25) is 0 Å². The number of hydrazine groups is 2. The molecule has 0 saturated carbocycles. The summed E-state index contributed by atoms with van der Waals surface area (Å²) >= 11 is 1.48. The molecule has 184 valence electrons. The molecule has 4 aliphatic heterocycles. The quantitative estimate of drug-likeness (QED) is 0.600. The Balaban J connectivity index is 1.14. The van der Waals surface area contributed by atoms with Crippen molar-refractivity contribution in [1.29, 1.82) is 5.26 Å². The van der Waals surface area contributed by atoms with Gasteiger partial charge in [0.15, 0.2) is 5.84 Å². The average molecular weight is 504 g/mol. The van der Waals surface area contributed by atoms with Crippen LogP contribution in [0.4, 0.5) is 10.5 Å². The molecule has 2 N–H and O–H groups in total. The fourth-order valence-electron chi connectivity index (χ4n) is 4.90. The summed E-state index contributed by atoms with van der Waals surface area (Å²) < 4.78 is 0. The van der Waals surface area contributed by atoms with Gasteiger partial charge in [0.05, 0.1) is 11.6 Å². The first-order valence-corrected chi connectivity index (χ1v) is 12.5. The van der Waals surface area contributed by atoms with E-state index in [1.54, 1.807) is 23.2 Å². The minimum absolute atomic E-state index is 0.108. The Labute approximate surface area is 212 Å². The third kappa shape index (κ3) is 3.67. The van der Waals surface area contributed by atoms with E-state index in [1.165, 1.54) is 22.7 Å². The van der Waals surface area contributed by atoms with Crippen molar-refractivity contribution >= 4 is 40.9 Å². The van der Waals surface area contributed by atoms with Gasteiger partial charge in [-0.2, -0.15) is 5.26 Å². The zero-order valence-corrected chi connectivity index (χ0v) is 20.5. The molecule has 4 aliphatic rings. The summed E-state index contributed by atoms with van der Waals surface area (Å²) in [5.41, 5.74) is 3.14. The Morgan fingerprint density at radius 2 is 1.94 bits per heavy atom. The lowest BCUT2D eigenvalue weighted by Gasteiger charge is -2.36. The average Bonchev–Trinajstić information content (AvgIpc) is 3.63. The first-order valence-electron chi connectivity index (χ1n) is 11.7. The van der Waals surface area contributed by atoms with E-state index < -0.39 is 6.29 Å². The largest absolute Gasteiger partial charge is 0.369 e. The van der Waals surface area contributed by atoms with E-state index in [0.29, 0.717) is 29.3 Å². The third-order valence-corrected chi connectivity index (χ3v) is 7.61. The summed E-state index contributed by atoms with van der Waals surface area (Å²) in [6, 6.07) is 9.76. The Morgan fingerprint density at radius 3 is 2.64 bits per heavy atom. The monoisotopic (exact) mass is 503 g/mol. The van der Waals surface area contributed by atoms with Crippen LogP contribution in [-0.2, 0) is 0 Å². The molecule has 1 unspecified atom stereocenters. The molecule has 13 heteroatoms. The summed E-state index contributed by atoms with van der Waals surface area (Å²) in [7, 11) is 1.75. The van der Waals surface area contributed by atoms with Crippen molar-refractivity contribution in [3.8, 4) is 6.07 Å². The molecule has 1 aromatic carbocycles.